The Balaban J connectivity index is 2.80. The maximum absolute atomic E-state index is 10.8. The average molecular weight is 255 g/mol. The summed E-state index contributed by atoms with van der Waals surface area (Å²) < 4.78 is 0.837. The van der Waals surface area contributed by atoms with E-state index in [0.29, 0.717) is 11.2 Å². The minimum atomic E-state index is -0.961. The Morgan fingerprint density at radius 2 is 2.36 bits per heavy atom. The lowest BCUT2D eigenvalue weighted by Gasteiger charge is -1.91. The van der Waals surface area contributed by atoms with E-state index in [9.17, 15) is 4.79 Å². The van der Waals surface area contributed by atoms with Crippen LogP contribution in [0.2, 0.25) is 0 Å². The molecule has 0 aliphatic heterocycles. The van der Waals surface area contributed by atoms with E-state index in [4.69, 9.17) is 5.11 Å². The van der Waals surface area contributed by atoms with Crippen LogP contribution in [0.3, 0.4) is 0 Å². The third kappa shape index (κ3) is 1.29. The molecule has 0 fully saturated rings. The fraction of sp³-hybridized carbons (Fsp3) is 0.111. The molecule has 0 bridgehead atoms. The molecule has 0 saturated heterocycles. The molecule has 0 aliphatic rings. The zero-order chi connectivity index (χ0) is 10.3. The van der Waals surface area contributed by atoms with Gasteiger partial charge < -0.3 is 10.1 Å². The van der Waals surface area contributed by atoms with Crippen LogP contribution in [0.25, 0.3) is 11.0 Å². The van der Waals surface area contributed by atoms with Crippen LogP contribution in [0, 0.1) is 6.92 Å². The average Bonchev–Trinajstić information content (AvgIpc) is 2.44. The normalized spacial score (nSPS) is 10.7. The van der Waals surface area contributed by atoms with E-state index in [2.05, 4.69) is 25.9 Å². The Hall–Kier alpha value is -1.36. The molecule has 0 unspecified atom stereocenters. The van der Waals surface area contributed by atoms with Crippen LogP contribution in [0.15, 0.2) is 16.7 Å². The van der Waals surface area contributed by atoms with Gasteiger partial charge in [0.15, 0.2) is 0 Å². The Morgan fingerprint density at radius 3 is 3.00 bits per heavy atom. The van der Waals surface area contributed by atoms with Gasteiger partial charge in [0, 0.05) is 16.1 Å². The SMILES string of the molecule is Cc1c(C(=O)O)[nH]c2ncc(Br)cc12. The molecule has 0 saturated carbocycles. The number of hydrogen-bond donors (Lipinski definition) is 2. The molecule has 2 rings (SSSR count). The summed E-state index contributed by atoms with van der Waals surface area (Å²) in [4.78, 5) is 17.6. The van der Waals surface area contributed by atoms with E-state index in [-0.39, 0.29) is 5.69 Å². The number of carboxylic acids is 1. The van der Waals surface area contributed by atoms with Crippen LogP contribution in [-0.4, -0.2) is 21.0 Å². The van der Waals surface area contributed by atoms with Gasteiger partial charge in [-0.2, -0.15) is 0 Å². The van der Waals surface area contributed by atoms with Gasteiger partial charge in [-0.25, -0.2) is 9.78 Å². The van der Waals surface area contributed by atoms with Crippen LogP contribution in [0.1, 0.15) is 16.1 Å². The first kappa shape index (κ1) is 9.21. The number of pyridine rings is 1. The highest BCUT2D eigenvalue weighted by atomic mass is 79.9. The predicted molar refractivity (Wildman–Crippen MR) is 55.5 cm³/mol. The number of aromatic amines is 1. The zero-order valence-electron chi connectivity index (χ0n) is 7.34. The minimum Gasteiger partial charge on any atom is -0.477 e. The van der Waals surface area contributed by atoms with E-state index >= 15 is 0 Å². The van der Waals surface area contributed by atoms with Crippen LogP contribution >= 0.6 is 15.9 Å². The second kappa shape index (κ2) is 3.09. The summed E-state index contributed by atoms with van der Waals surface area (Å²) in [5.41, 5.74) is 1.51. The highest BCUT2D eigenvalue weighted by molar-refractivity contribution is 9.10. The van der Waals surface area contributed by atoms with E-state index in [1.807, 2.05) is 6.07 Å². The van der Waals surface area contributed by atoms with Crippen LogP contribution in [0.5, 0.6) is 0 Å². The molecule has 2 aromatic rings. The monoisotopic (exact) mass is 254 g/mol. The zero-order valence-corrected chi connectivity index (χ0v) is 8.92. The first-order valence-electron chi connectivity index (χ1n) is 3.96. The molecular formula is C9H7BrN2O2. The van der Waals surface area contributed by atoms with Gasteiger partial charge in [0.25, 0.3) is 0 Å². The van der Waals surface area contributed by atoms with Gasteiger partial charge in [-0.05, 0) is 34.5 Å². The first-order valence-corrected chi connectivity index (χ1v) is 4.76. The number of aromatic carboxylic acids is 1. The number of fused-ring (bicyclic) bond motifs is 1. The molecule has 0 spiro atoms. The molecule has 2 heterocycles. The Bertz CT molecular complexity index is 519. The molecule has 5 heteroatoms. The maximum atomic E-state index is 10.8. The van der Waals surface area contributed by atoms with Gasteiger partial charge in [0.1, 0.15) is 11.3 Å². The molecule has 2 aromatic heterocycles. The van der Waals surface area contributed by atoms with Crippen molar-refractivity contribution in [3.8, 4) is 0 Å². The lowest BCUT2D eigenvalue weighted by Crippen LogP contribution is -1.98. The standard InChI is InChI=1S/C9H7BrN2O2/c1-4-6-2-5(10)3-11-8(6)12-7(4)9(13)14/h2-3H,1H3,(H,11,12)(H,13,14). The number of aryl methyl sites for hydroxylation is 1. The van der Waals surface area contributed by atoms with Crippen LogP contribution in [0.4, 0.5) is 0 Å². The summed E-state index contributed by atoms with van der Waals surface area (Å²) in [7, 11) is 0. The second-order valence-electron chi connectivity index (χ2n) is 2.98. The number of carbonyl (C=O) groups is 1. The number of halogens is 1. The number of nitrogens with one attached hydrogen (secondary N) is 1. The van der Waals surface area contributed by atoms with Crippen molar-refractivity contribution in [3.63, 3.8) is 0 Å². The van der Waals surface area contributed by atoms with Crippen molar-refractivity contribution < 1.29 is 9.90 Å². The number of H-pyrrole nitrogens is 1. The Morgan fingerprint density at radius 1 is 1.64 bits per heavy atom. The lowest BCUT2D eigenvalue weighted by atomic mass is 10.2. The van der Waals surface area contributed by atoms with Crippen molar-refractivity contribution in [1.29, 1.82) is 0 Å². The van der Waals surface area contributed by atoms with Crippen LogP contribution in [-0.2, 0) is 0 Å². The molecular weight excluding hydrogens is 248 g/mol. The van der Waals surface area contributed by atoms with Crippen molar-refractivity contribution in [1.82, 2.24) is 9.97 Å². The number of rotatable bonds is 1. The molecule has 4 nitrogen and oxygen atoms in total. The number of aromatic nitrogens is 2. The summed E-state index contributed by atoms with van der Waals surface area (Å²) in [6.07, 6.45) is 1.63. The van der Waals surface area contributed by atoms with Crippen molar-refractivity contribution in [2.75, 3.05) is 0 Å². The lowest BCUT2D eigenvalue weighted by molar-refractivity contribution is 0.0690. The predicted octanol–water partition coefficient (Wildman–Crippen LogP) is 2.33. The largest absolute Gasteiger partial charge is 0.477 e. The van der Waals surface area contributed by atoms with Crippen LogP contribution < -0.4 is 0 Å². The Labute approximate surface area is 88.1 Å². The summed E-state index contributed by atoms with van der Waals surface area (Å²) in [5.74, 6) is -0.961. The third-order valence-electron chi connectivity index (χ3n) is 2.09. The minimum absolute atomic E-state index is 0.200. The van der Waals surface area contributed by atoms with E-state index < -0.39 is 5.97 Å². The van der Waals surface area contributed by atoms with Gasteiger partial charge in [0.2, 0.25) is 0 Å². The highest BCUT2D eigenvalue weighted by Crippen LogP contribution is 2.22. The number of carboxylic acid groups (broad SMARTS) is 1. The summed E-state index contributed by atoms with van der Waals surface area (Å²) in [6.45, 7) is 1.76. The summed E-state index contributed by atoms with van der Waals surface area (Å²) in [5, 5.41) is 9.70. The van der Waals surface area contributed by atoms with Crippen molar-refractivity contribution >= 4 is 32.9 Å². The van der Waals surface area contributed by atoms with Gasteiger partial charge in [-0.15, -0.1) is 0 Å². The highest BCUT2D eigenvalue weighted by Gasteiger charge is 2.13. The fourth-order valence-corrected chi connectivity index (χ4v) is 1.72. The molecule has 0 aromatic carbocycles. The molecule has 14 heavy (non-hydrogen) atoms. The van der Waals surface area contributed by atoms with Gasteiger partial charge in [0.05, 0.1) is 0 Å². The van der Waals surface area contributed by atoms with Crippen molar-refractivity contribution in [2.45, 2.75) is 6.92 Å². The maximum Gasteiger partial charge on any atom is 0.352 e. The first-order chi connectivity index (χ1) is 6.59. The number of nitrogens with zero attached hydrogens (tertiary/aromatic N) is 1. The molecule has 0 atom stereocenters. The van der Waals surface area contributed by atoms with Crippen molar-refractivity contribution in [2.24, 2.45) is 0 Å². The van der Waals surface area contributed by atoms with E-state index in [1.54, 1.807) is 13.1 Å². The quantitative estimate of drug-likeness (QED) is 0.821. The smallest absolute Gasteiger partial charge is 0.352 e. The molecule has 0 amide bonds. The molecule has 0 aliphatic carbocycles. The summed E-state index contributed by atoms with van der Waals surface area (Å²) in [6, 6.07) is 1.85. The van der Waals surface area contributed by atoms with Gasteiger partial charge in [-0.3, -0.25) is 0 Å². The molecule has 0 radical (unpaired) electrons. The molecule has 72 valence electrons. The van der Waals surface area contributed by atoms with Crippen molar-refractivity contribution in [3.05, 3.63) is 28.0 Å². The number of hydrogen-bond acceptors (Lipinski definition) is 2. The molecule has 2 N–H and O–H groups in total. The van der Waals surface area contributed by atoms with E-state index in [0.717, 1.165) is 9.86 Å². The third-order valence-corrected chi connectivity index (χ3v) is 2.52. The van der Waals surface area contributed by atoms with Gasteiger partial charge in [-0.1, -0.05) is 0 Å². The Kier molecular flexibility index (Phi) is 2.03. The fourth-order valence-electron chi connectivity index (χ4n) is 1.39. The topological polar surface area (TPSA) is 66.0 Å². The second-order valence-corrected chi connectivity index (χ2v) is 3.90. The summed E-state index contributed by atoms with van der Waals surface area (Å²) >= 11 is 3.29. The van der Waals surface area contributed by atoms with E-state index in [1.165, 1.54) is 0 Å². The van der Waals surface area contributed by atoms with Gasteiger partial charge >= 0.3 is 5.97 Å².